The van der Waals surface area contributed by atoms with Crippen LogP contribution in [0, 0.1) is 11.8 Å². The second-order valence-electron chi connectivity index (χ2n) is 12.9. The van der Waals surface area contributed by atoms with Gasteiger partial charge >= 0.3 is 0 Å². The Bertz CT molecular complexity index is 2160. The Morgan fingerprint density at radius 3 is 0.558 bits per heavy atom. The molecule has 0 heterocycles. The Morgan fingerprint density at radius 2 is 0.416 bits per heavy atom. The van der Waals surface area contributed by atoms with E-state index < -0.39 is 236 Å². The average molecular weight is 1340 g/mol. The van der Waals surface area contributed by atoms with E-state index in [1.807, 2.05) is 0 Å². The van der Waals surface area contributed by atoms with E-state index in [-0.39, 0.29) is 0 Å². The molecule has 12 unspecified atom stereocenters. The van der Waals surface area contributed by atoms with Crippen LogP contribution in [0.2, 0.25) is 0 Å². The molecule has 0 spiro atoms. The predicted molar refractivity (Wildman–Crippen MR) is 217 cm³/mol. The van der Waals surface area contributed by atoms with E-state index in [1.54, 1.807) is 0 Å². The summed E-state index contributed by atoms with van der Waals surface area (Å²) >= 11 is 0. The van der Waals surface area contributed by atoms with Gasteiger partial charge in [0.15, 0.2) is 0 Å². The van der Waals surface area contributed by atoms with Crippen LogP contribution in [0.5, 0.6) is 0 Å². The lowest BCUT2D eigenvalue weighted by Crippen LogP contribution is -2.21. The van der Waals surface area contributed by atoms with Gasteiger partial charge in [-0.05, 0) is 0 Å². The van der Waals surface area contributed by atoms with Gasteiger partial charge < -0.3 is 145 Å². The number of halogens is 2. The molecule has 0 radical (unpaired) electrons. The van der Waals surface area contributed by atoms with Crippen molar-refractivity contribution < 1.29 is 199 Å². The molecule has 464 valence electrons. The second-order valence-corrected chi connectivity index (χ2v) is 26.8. The lowest BCUT2D eigenvalue weighted by molar-refractivity contribution is -0.239. The molecule has 0 aromatic rings. The van der Waals surface area contributed by atoms with E-state index >= 15 is 0 Å². The van der Waals surface area contributed by atoms with Crippen molar-refractivity contribution in [2.75, 3.05) is 145 Å². The Kier molecular flexibility index (Phi) is 38.5. The summed E-state index contributed by atoms with van der Waals surface area (Å²) in [7, 11) is -52.4. The molecule has 41 nitrogen and oxygen atoms in total. The van der Waals surface area contributed by atoms with Gasteiger partial charge in [0.05, 0.1) is 145 Å². The number of rotatable bonds is 52. The molecule has 0 saturated carbocycles. The molecule has 0 aliphatic rings. The zero-order chi connectivity index (χ0) is 59.1. The van der Waals surface area contributed by atoms with Gasteiger partial charge in [0.1, 0.15) is 0 Å². The van der Waals surface area contributed by atoms with Crippen LogP contribution in [-0.2, 0) is 132 Å². The van der Waals surface area contributed by atoms with Crippen LogP contribution in [0.3, 0.4) is 0 Å². The number of aliphatic hydroxyl groups excluding tert-OH is 1. The van der Waals surface area contributed by atoms with Crippen molar-refractivity contribution in [3.8, 4) is 0 Å². The number of hydrogen-bond acceptors (Lipinski definition) is 40. The first kappa shape index (κ1) is 77.9. The second kappa shape index (κ2) is 38.1. The fourth-order valence-corrected chi connectivity index (χ4v) is 10.2. The molecule has 0 aliphatic heterocycles. The van der Waals surface area contributed by atoms with Crippen molar-refractivity contribution in [2.24, 2.45) is 11.8 Å². The Labute approximate surface area is 434 Å². The minimum Gasteiger partial charge on any atom is -0.756 e. The maximum absolute atomic E-state index is 12.9. The summed E-state index contributed by atoms with van der Waals surface area (Å²) in [6.07, 6.45) is 0. The Morgan fingerprint density at radius 1 is 0.273 bits per heavy atom. The van der Waals surface area contributed by atoms with Gasteiger partial charge in [-0.15, -0.1) is 0 Å². The van der Waals surface area contributed by atoms with E-state index in [0.717, 1.165) is 0 Å². The van der Waals surface area contributed by atoms with Gasteiger partial charge in [-0.1, -0.05) is 0 Å². The molecule has 12 atom stereocenters. The van der Waals surface area contributed by atoms with Crippen LogP contribution in [-0.4, -0.2) is 155 Å². The van der Waals surface area contributed by atoms with Crippen LogP contribution in [0.25, 0.3) is 0 Å². The van der Waals surface area contributed by atoms with Gasteiger partial charge in [-0.3, -0.25) is 54.4 Å². The first-order valence-electron chi connectivity index (χ1n) is 20.1. The molecule has 0 saturated heterocycles. The Balaban J connectivity index is 4.26. The van der Waals surface area contributed by atoms with Crippen LogP contribution in [0.15, 0.2) is 0 Å². The first-order chi connectivity index (χ1) is 35.3. The van der Waals surface area contributed by atoms with Gasteiger partial charge in [0.2, 0.25) is 0 Å². The molecular formula is C24H48F2O41P10-10. The van der Waals surface area contributed by atoms with Crippen molar-refractivity contribution in [3.05, 3.63) is 0 Å². The van der Waals surface area contributed by atoms with E-state index in [4.69, 9.17) is 10.00 Å². The molecular weight excluding hydrogens is 1290 g/mol. The molecule has 53 heteroatoms. The number of hydrogen-bond donors (Lipinski definition) is 2. The van der Waals surface area contributed by atoms with Crippen molar-refractivity contribution in [3.63, 3.8) is 0 Å². The SMILES string of the molecule is O=P([O-])(O)OCC(CF)COP(=O)([O-])OCCOP(=O)([O-])OCCOP(=O)([O-])OCCOP(=O)([O-])OCCOP(=O)([O-])OCCOP(=O)([O-])OCCOP(=O)([O-])OCCOP(=O)([O-])OCCOP(=O)([O-])OCC(CO)CF. The molecule has 0 aromatic heterocycles. The minimum atomic E-state index is -5.31. The standard InChI is InChI=1S/C24H58F2O41P10/c25-17-23(19-27)20-66-76(45,46)63-15-13-61-74(41,42)59-11-9-57-72(37,38)55-7-5-53-70(33,34)51-3-1-49-69(31,32)50-2-4-52-71(35,36)54-6-8-56-73(39,40)58-10-12-60-75(43,44)62-14-16-64-77(47,48)67-22-24(18-26)21-65-68(28,29)30/h23-24,27H,1-22H2,(H,31,32)(H,33,34)(H,35,36)(H,37,38)(H,39,40)(H,41,42)(H,43,44)(H,45,46)(H,47,48)(H2,28,29,30)/p-10. The third-order valence-corrected chi connectivity index (χ3v) is 16.1. The summed E-state index contributed by atoms with van der Waals surface area (Å²) in [4.78, 5) is 125. The highest BCUT2D eigenvalue weighted by molar-refractivity contribution is 7.48. The summed E-state index contributed by atoms with van der Waals surface area (Å²) in [6.45, 7) is -22.6. The first-order valence-corrected chi connectivity index (χ1v) is 34.7. The normalized spacial score (nSPS) is 21.1. The monoisotopic (exact) mass is 1340 g/mol. The third-order valence-electron chi connectivity index (χ3n) is 6.76. The maximum Gasteiger partial charge on any atom is 0.268 e. The predicted octanol–water partition coefficient (Wildman–Crippen LogP) is -4.86. The molecule has 0 amide bonds. The highest BCUT2D eigenvalue weighted by atomic mass is 31.2. The largest absolute Gasteiger partial charge is 0.756 e. The fourth-order valence-electron chi connectivity index (χ4n) is 3.60. The number of aliphatic hydroxyl groups is 1. The zero-order valence-electron chi connectivity index (χ0n) is 38.8. The zero-order valence-corrected chi connectivity index (χ0v) is 47.7. The quantitative estimate of drug-likeness (QED) is 0.0426. The van der Waals surface area contributed by atoms with Crippen LogP contribution < -0.4 is 48.9 Å². The Hall–Kier alpha value is 0.920. The lowest BCUT2D eigenvalue weighted by atomic mass is 10.2. The molecule has 0 aliphatic carbocycles. The van der Waals surface area contributed by atoms with Crippen molar-refractivity contribution in [1.29, 1.82) is 0 Å². The van der Waals surface area contributed by atoms with Crippen molar-refractivity contribution in [1.82, 2.24) is 0 Å². The minimum absolute atomic E-state index is 0.736. The summed E-state index contributed by atoms with van der Waals surface area (Å²) in [5.41, 5.74) is 0. The van der Waals surface area contributed by atoms with Crippen LogP contribution in [0.4, 0.5) is 8.78 Å². The van der Waals surface area contributed by atoms with Crippen molar-refractivity contribution >= 4 is 78.2 Å². The van der Waals surface area contributed by atoms with E-state index in [0.29, 0.717) is 0 Å². The average Bonchev–Trinajstić information content (AvgIpc) is 3.30. The third kappa shape index (κ3) is 46.0. The molecule has 0 fully saturated rings. The lowest BCUT2D eigenvalue weighted by Gasteiger charge is -2.27. The number of alkyl halides is 2. The summed E-state index contributed by atoms with van der Waals surface area (Å²) < 4.78 is 222. The molecule has 77 heavy (non-hydrogen) atoms. The smallest absolute Gasteiger partial charge is 0.268 e. The molecule has 2 N–H and O–H groups in total. The van der Waals surface area contributed by atoms with Gasteiger partial charge in [-0.2, -0.15) is 0 Å². The summed E-state index contributed by atoms with van der Waals surface area (Å²) in [6, 6.07) is 0. The molecule has 0 aromatic carbocycles. The van der Waals surface area contributed by atoms with E-state index in [9.17, 15) is 103 Å². The van der Waals surface area contributed by atoms with E-state index in [1.165, 1.54) is 0 Å². The van der Waals surface area contributed by atoms with Crippen LogP contribution in [0.1, 0.15) is 0 Å². The van der Waals surface area contributed by atoms with Gasteiger partial charge in [-0.25, -0.2) is 0 Å². The number of phosphoric acid groups is 10. The summed E-state index contributed by atoms with van der Waals surface area (Å²) in [5, 5.41) is 8.80. The maximum atomic E-state index is 12.9. The highest BCUT2D eigenvalue weighted by Crippen LogP contribution is 2.46. The van der Waals surface area contributed by atoms with E-state index in [2.05, 4.69) is 86.0 Å². The van der Waals surface area contributed by atoms with Gasteiger partial charge in [0.25, 0.3) is 78.2 Å². The number of phosphoric ester groups is 10. The molecule has 0 rings (SSSR count). The van der Waals surface area contributed by atoms with Crippen LogP contribution >= 0.6 is 78.2 Å². The fraction of sp³-hybridized carbons (Fsp3) is 1.00. The topological polar surface area (TPSA) is 617 Å². The highest BCUT2D eigenvalue weighted by Gasteiger charge is 2.21. The van der Waals surface area contributed by atoms with Crippen molar-refractivity contribution in [2.45, 2.75) is 0 Å². The van der Waals surface area contributed by atoms with Gasteiger partial charge in [0, 0.05) is 11.8 Å². The molecule has 0 bridgehead atoms. The summed E-state index contributed by atoms with van der Waals surface area (Å²) in [5.74, 6) is -2.66.